The Morgan fingerprint density at radius 3 is 2.33 bits per heavy atom. The zero-order valence-corrected chi connectivity index (χ0v) is 13.0. The first-order chi connectivity index (χ1) is 9.79. The van der Waals surface area contributed by atoms with E-state index in [4.69, 9.17) is 0 Å². The minimum absolute atomic E-state index is 0.179. The first-order valence-electron chi connectivity index (χ1n) is 6.33. The van der Waals surface area contributed by atoms with Crippen LogP contribution in [-0.4, -0.2) is 32.3 Å². The van der Waals surface area contributed by atoms with Gasteiger partial charge in [-0.25, -0.2) is 13.1 Å². The van der Waals surface area contributed by atoms with Gasteiger partial charge in [0.2, 0.25) is 0 Å². The van der Waals surface area contributed by atoms with Crippen LogP contribution < -0.4 is 10.5 Å². The number of rotatable bonds is 4. The maximum absolute atomic E-state index is 12.3. The highest BCUT2D eigenvalue weighted by Gasteiger charge is 2.16. The number of sulfone groups is 1. The normalized spacial score (nSPS) is 11.4. The molecule has 0 saturated heterocycles. The fraction of sp³-hybridized carbons (Fsp3) is 0.286. The lowest BCUT2D eigenvalue weighted by atomic mass is 10.2. The van der Waals surface area contributed by atoms with Gasteiger partial charge in [-0.2, -0.15) is 5.10 Å². The number of hydrogen-bond acceptors (Lipinski definition) is 5. The Labute approximate surface area is 123 Å². The zero-order valence-electron chi connectivity index (χ0n) is 12.1. The molecule has 0 aliphatic carbocycles. The Morgan fingerprint density at radius 2 is 1.81 bits per heavy atom. The lowest BCUT2D eigenvalue weighted by Crippen LogP contribution is -2.27. The minimum atomic E-state index is -3.60. The van der Waals surface area contributed by atoms with E-state index >= 15 is 0 Å². The highest BCUT2D eigenvalue weighted by atomic mass is 32.2. The second-order valence-electron chi connectivity index (χ2n) is 5.00. The van der Waals surface area contributed by atoms with Crippen molar-refractivity contribution in [3.63, 3.8) is 0 Å². The summed E-state index contributed by atoms with van der Waals surface area (Å²) in [7, 11) is -0.0357. The van der Waals surface area contributed by atoms with Crippen molar-refractivity contribution >= 4 is 15.5 Å². The second-order valence-corrected chi connectivity index (χ2v) is 6.96. The third kappa shape index (κ3) is 3.49. The molecule has 0 radical (unpaired) electrons. The molecule has 0 aliphatic rings. The van der Waals surface area contributed by atoms with E-state index in [0.717, 1.165) is 10.2 Å². The van der Waals surface area contributed by atoms with Crippen LogP contribution in [0.5, 0.6) is 0 Å². The monoisotopic (exact) mass is 307 g/mol. The number of aromatic nitrogens is 2. The van der Waals surface area contributed by atoms with Crippen LogP contribution in [0.2, 0.25) is 0 Å². The summed E-state index contributed by atoms with van der Waals surface area (Å²) >= 11 is 0. The molecular weight excluding hydrogens is 290 g/mol. The smallest absolute Gasteiger partial charge is 0.269 e. The fourth-order valence-electron chi connectivity index (χ4n) is 1.75. The standard InChI is InChI=1S/C14H17N3O3S/c1-11-4-6-13(7-5-11)21(19,20)10-17-14(18)8-12(9-15-17)16(2)3/h4-9H,10H2,1-3H3. The highest BCUT2D eigenvalue weighted by molar-refractivity contribution is 7.90. The topological polar surface area (TPSA) is 72.3 Å². The van der Waals surface area contributed by atoms with Gasteiger partial charge in [0.15, 0.2) is 15.7 Å². The van der Waals surface area contributed by atoms with Crippen LogP contribution >= 0.6 is 0 Å². The second kappa shape index (κ2) is 5.69. The van der Waals surface area contributed by atoms with Crippen molar-refractivity contribution in [2.75, 3.05) is 19.0 Å². The lowest BCUT2D eigenvalue weighted by Gasteiger charge is -2.12. The average Bonchev–Trinajstić information content (AvgIpc) is 2.41. The lowest BCUT2D eigenvalue weighted by molar-refractivity contribution is 0.568. The number of nitrogens with zero attached hydrogens (tertiary/aromatic N) is 3. The van der Waals surface area contributed by atoms with Gasteiger partial charge in [-0.05, 0) is 19.1 Å². The average molecular weight is 307 g/mol. The van der Waals surface area contributed by atoms with Crippen molar-refractivity contribution in [2.24, 2.45) is 0 Å². The zero-order chi connectivity index (χ0) is 15.6. The fourth-order valence-corrected chi connectivity index (χ4v) is 2.96. The van der Waals surface area contributed by atoms with E-state index < -0.39 is 21.3 Å². The van der Waals surface area contributed by atoms with Crippen molar-refractivity contribution in [3.8, 4) is 0 Å². The predicted molar refractivity (Wildman–Crippen MR) is 81.2 cm³/mol. The van der Waals surface area contributed by atoms with Gasteiger partial charge in [0.05, 0.1) is 16.8 Å². The van der Waals surface area contributed by atoms with Crippen molar-refractivity contribution in [1.82, 2.24) is 9.78 Å². The van der Waals surface area contributed by atoms with Crippen molar-refractivity contribution in [2.45, 2.75) is 17.7 Å². The number of anilines is 1. The van der Waals surface area contributed by atoms with Crippen molar-refractivity contribution in [3.05, 3.63) is 52.4 Å². The van der Waals surface area contributed by atoms with Crippen molar-refractivity contribution in [1.29, 1.82) is 0 Å². The molecule has 2 aromatic rings. The number of benzene rings is 1. The van der Waals surface area contributed by atoms with Crippen LogP contribution in [0, 0.1) is 6.92 Å². The number of aryl methyl sites for hydroxylation is 1. The Kier molecular flexibility index (Phi) is 4.13. The summed E-state index contributed by atoms with van der Waals surface area (Å²) in [5.74, 6) is -0.470. The van der Waals surface area contributed by atoms with E-state index in [1.165, 1.54) is 24.4 Å². The van der Waals surface area contributed by atoms with Gasteiger partial charge in [-0.3, -0.25) is 4.79 Å². The molecule has 1 heterocycles. The summed E-state index contributed by atoms with van der Waals surface area (Å²) in [6.45, 7) is 1.88. The summed E-state index contributed by atoms with van der Waals surface area (Å²) in [6, 6.07) is 7.86. The van der Waals surface area contributed by atoms with Gasteiger partial charge in [0.1, 0.15) is 0 Å². The molecular formula is C14H17N3O3S. The predicted octanol–water partition coefficient (Wildman–Crippen LogP) is 1.05. The molecule has 112 valence electrons. The summed E-state index contributed by atoms with van der Waals surface area (Å²) in [6.07, 6.45) is 1.46. The molecule has 0 spiro atoms. The molecule has 7 heteroatoms. The third-order valence-electron chi connectivity index (χ3n) is 3.04. The molecule has 0 bridgehead atoms. The first-order valence-corrected chi connectivity index (χ1v) is 7.99. The molecule has 0 atom stereocenters. The largest absolute Gasteiger partial charge is 0.376 e. The maximum atomic E-state index is 12.3. The van der Waals surface area contributed by atoms with Crippen LogP contribution in [0.4, 0.5) is 5.69 Å². The third-order valence-corrected chi connectivity index (χ3v) is 4.62. The highest BCUT2D eigenvalue weighted by Crippen LogP contribution is 2.13. The van der Waals surface area contributed by atoms with Crippen LogP contribution in [0.3, 0.4) is 0 Å². The molecule has 2 rings (SSSR count). The van der Waals surface area contributed by atoms with E-state index in [-0.39, 0.29) is 4.90 Å². The number of hydrogen-bond donors (Lipinski definition) is 0. The molecule has 0 unspecified atom stereocenters. The van der Waals surface area contributed by atoms with E-state index in [1.54, 1.807) is 31.1 Å². The minimum Gasteiger partial charge on any atom is -0.376 e. The van der Waals surface area contributed by atoms with Crippen molar-refractivity contribution < 1.29 is 8.42 Å². The maximum Gasteiger partial charge on any atom is 0.269 e. The Hall–Kier alpha value is -2.15. The van der Waals surface area contributed by atoms with Gasteiger partial charge in [0, 0.05) is 20.2 Å². The summed E-state index contributed by atoms with van der Waals surface area (Å²) in [5, 5.41) is 3.91. The molecule has 6 nitrogen and oxygen atoms in total. The van der Waals surface area contributed by atoms with Crippen LogP contribution in [0.25, 0.3) is 0 Å². The molecule has 0 amide bonds. The SMILES string of the molecule is Cc1ccc(S(=O)(=O)Cn2ncc(N(C)C)cc2=O)cc1. The van der Waals surface area contributed by atoms with Gasteiger partial charge < -0.3 is 4.90 Å². The van der Waals surface area contributed by atoms with E-state index in [2.05, 4.69) is 5.10 Å². The van der Waals surface area contributed by atoms with E-state index in [1.807, 2.05) is 6.92 Å². The van der Waals surface area contributed by atoms with Crippen LogP contribution in [-0.2, 0) is 15.7 Å². The molecule has 0 N–H and O–H groups in total. The van der Waals surface area contributed by atoms with E-state index in [9.17, 15) is 13.2 Å². The van der Waals surface area contributed by atoms with Gasteiger partial charge >= 0.3 is 0 Å². The van der Waals surface area contributed by atoms with E-state index in [0.29, 0.717) is 5.69 Å². The summed E-state index contributed by atoms with van der Waals surface area (Å²) in [5.41, 5.74) is 1.15. The molecule has 0 saturated carbocycles. The molecule has 0 fully saturated rings. The van der Waals surface area contributed by atoms with Crippen LogP contribution in [0.1, 0.15) is 5.56 Å². The van der Waals surface area contributed by atoms with Gasteiger partial charge in [-0.15, -0.1) is 0 Å². The molecule has 1 aromatic carbocycles. The molecule has 0 aliphatic heterocycles. The van der Waals surface area contributed by atoms with Crippen LogP contribution in [0.15, 0.2) is 46.2 Å². The quantitative estimate of drug-likeness (QED) is 0.844. The molecule has 1 aromatic heterocycles. The first kappa shape index (κ1) is 15.2. The Bertz CT molecular complexity index is 793. The van der Waals surface area contributed by atoms with Gasteiger partial charge in [-0.1, -0.05) is 17.7 Å². The molecule has 21 heavy (non-hydrogen) atoms. The Balaban J connectivity index is 2.33. The summed E-state index contributed by atoms with van der Waals surface area (Å²) in [4.78, 5) is 13.8. The summed E-state index contributed by atoms with van der Waals surface area (Å²) < 4.78 is 25.5. The van der Waals surface area contributed by atoms with Gasteiger partial charge in [0.25, 0.3) is 5.56 Å². The Morgan fingerprint density at radius 1 is 1.19 bits per heavy atom.